The molecule has 0 radical (unpaired) electrons. The molecule has 0 saturated heterocycles. The number of aryl methyl sites for hydroxylation is 1. The monoisotopic (exact) mass is 594 g/mol. The Morgan fingerprint density at radius 3 is 2.61 bits per heavy atom. The van der Waals surface area contributed by atoms with Crippen molar-refractivity contribution in [1.29, 1.82) is 0 Å². The minimum absolute atomic E-state index is 0.0511. The van der Waals surface area contributed by atoms with Crippen LogP contribution in [0.25, 0.3) is 0 Å². The highest BCUT2D eigenvalue weighted by Gasteiger charge is 2.27. The van der Waals surface area contributed by atoms with Crippen molar-refractivity contribution in [3.05, 3.63) is 74.1 Å². The summed E-state index contributed by atoms with van der Waals surface area (Å²) in [4.78, 5) is 19.6. The predicted molar refractivity (Wildman–Crippen MR) is 159 cm³/mol. The molecule has 0 aliphatic heterocycles. The number of rotatable bonds is 9. The molecule has 1 aromatic heterocycles. The molecule has 7 heteroatoms. The van der Waals surface area contributed by atoms with Gasteiger partial charge in [-0.3, -0.25) is 4.79 Å². The van der Waals surface area contributed by atoms with Gasteiger partial charge in [-0.15, -0.1) is 11.3 Å². The van der Waals surface area contributed by atoms with Crippen molar-refractivity contribution < 1.29 is 14.3 Å². The van der Waals surface area contributed by atoms with Crippen LogP contribution in [0.1, 0.15) is 83.8 Å². The second-order valence-electron chi connectivity index (χ2n) is 10.0. The van der Waals surface area contributed by atoms with Gasteiger partial charge in [0.1, 0.15) is 11.6 Å². The van der Waals surface area contributed by atoms with Gasteiger partial charge in [0.2, 0.25) is 0 Å². The minimum atomic E-state index is 0.0511. The highest BCUT2D eigenvalue weighted by molar-refractivity contribution is 9.10. The first-order valence-electron chi connectivity index (χ1n) is 13.7. The third-order valence-corrected chi connectivity index (χ3v) is 8.95. The molecule has 200 valence electrons. The van der Waals surface area contributed by atoms with E-state index < -0.39 is 0 Å². The van der Waals surface area contributed by atoms with Crippen molar-refractivity contribution in [2.75, 3.05) is 6.61 Å². The maximum atomic E-state index is 13.5. The van der Waals surface area contributed by atoms with Crippen LogP contribution in [0.2, 0.25) is 0 Å². The summed E-state index contributed by atoms with van der Waals surface area (Å²) < 4.78 is 13.0. The number of thiophene rings is 1. The Morgan fingerprint density at radius 1 is 1.03 bits per heavy atom. The zero-order valence-corrected chi connectivity index (χ0v) is 24.3. The van der Waals surface area contributed by atoms with Gasteiger partial charge >= 0.3 is 0 Å². The van der Waals surface area contributed by atoms with Gasteiger partial charge in [0, 0.05) is 21.6 Å². The number of halogens is 1. The Kier molecular flexibility index (Phi) is 9.18. The summed E-state index contributed by atoms with van der Waals surface area (Å²) in [6.45, 7) is 2.96. The number of ether oxygens (including phenoxy) is 2. The number of nitrogens with zero attached hydrogens (tertiary/aromatic N) is 1. The molecule has 2 aliphatic rings. The number of nitrogens with one attached hydrogen (secondary N) is 1. The lowest BCUT2D eigenvalue weighted by molar-refractivity contribution is 0.0927. The SMILES string of the molecule is CCOc1cc(C=Nc2sc3c(c2C(=O)NC2CCCCC2)CCCC3)ccc1OCc1ccc(Br)cc1. The fourth-order valence-corrected chi connectivity index (χ4v) is 6.74. The molecule has 0 atom stereocenters. The molecule has 1 N–H and O–H groups in total. The predicted octanol–water partition coefficient (Wildman–Crippen LogP) is 8.18. The van der Waals surface area contributed by atoms with Crippen molar-refractivity contribution >= 4 is 44.4 Å². The molecule has 1 saturated carbocycles. The smallest absolute Gasteiger partial charge is 0.254 e. The molecule has 5 nitrogen and oxygen atoms in total. The summed E-state index contributed by atoms with van der Waals surface area (Å²) in [7, 11) is 0. The fourth-order valence-electron chi connectivity index (χ4n) is 5.25. The van der Waals surface area contributed by atoms with E-state index in [-0.39, 0.29) is 11.9 Å². The number of hydrogen-bond donors (Lipinski definition) is 1. The molecule has 38 heavy (non-hydrogen) atoms. The van der Waals surface area contributed by atoms with Crippen molar-refractivity contribution in [1.82, 2.24) is 5.32 Å². The van der Waals surface area contributed by atoms with E-state index in [0.29, 0.717) is 24.7 Å². The number of fused-ring (bicyclic) bond motifs is 1. The van der Waals surface area contributed by atoms with Crippen LogP contribution in [-0.4, -0.2) is 24.8 Å². The van der Waals surface area contributed by atoms with Crippen molar-refractivity contribution in [2.24, 2.45) is 4.99 Å². The zero-order valence-electron chi connectivity index (χ0n) is 21.9. The maximum absolute atomic E-state index is 13.5. The van der Waals surface area contributed by atoms with E-state index in [1.165, 1.54) is 36.1 Å². The van der Waals surface area contributed by atoms with Crippen LogP contribution in [-0.2, 0) is 19.4 Å². The summed E-state index contributed by atoms with van der Waals surface area (Å²) in [5.74, 6) is 1.44. The molecule has 1 heterocycles. The highest BCUT2D eigenvalue weighted by Crippen LogP contribution is 2.40. The zero-order chi connectivity index (χ0) is 26.3. The summed E-state index contributed by atoms with van der Waals surface area (Å²) >= 11 is 5.15. The quantitative estimate of drug-likeness (QED) is 0.254. The van der Waals surface area contributed by atoms with E-state index in [1.54, 1.807) is 11.3 Å². The number of hydrogen-bond acceptors (Lipinski definition) is 5. The number of amides is 1. The average Bonchev–Trinajstić information content (AvgIpc) is 3.31. The first-order chi connectivity index (χ1) is 18.6. The second kappa shape index (κ2) is 12.9. The minimum Gasteiger partial charge on any atom is -0.490 e. The van der Waals surface area contributed by atoms with Gasteiger partial charge in [0.15, 0.2) is 11.5 Å². The van der Waals surface area contributed by atoms with E-state index in [9.17, 15) is 4.79 Å². The highest BCUT2D eigenvalue weighted by atomic mass is 79.9. The Labute approximate surface area is 237 Å². The molecular formula is C31H35BrN2O3S. The average molecular weight is 596 g/mol. The fraction of sp³-hybridized carbons (Fsp3) is 0.419. The third kappa shape index (κ3) is 6.67. The molecule has 2 aliphatic carbocycles. The second-order valence-corrected chi connectivity index (χ2v) is 12.0. The lowest BCUT2D eigenvalue weighted by Gasteiger charge is -2.23. The summed E-state index contributed by atoms with van der Waals surface area (Å²) in [5.41, 5.74) is 4.01. The Balaban J connectivity index is 1.35. The molecule has 0 spiro atoms. The maximum Gasteiger partial charge on any atom is 0.254 e. The lowest BCUT2D eigenvalue weighted by atomic mass is 9.93. The van der Waals surface area contributed by atoms with Gasteiger partial charge in [0.25, 0.3) is 5.91 Å². The first kappa shape index (κ1) is 26.9. The summed E-state index contributed by atoms with van der Waals surface area (Å²) in [6, 6.07) is 14.2. The third-order valence-electron chi connectivity index (χ3n) is 7.23. The molecule has 1 amide bonds. The number of carbonyl (C=O) groups is 1. The molecule has 2 aromatic carbocycles. The first-order valence-corrected chi connectivity index (χ1v) is 15.3. The number of aliphatic imine (C=N–C) groups is 1. The van der Waals surface area contributed by atoms with E-state index in [4.69, 9.17) is 14.5 Å². The Morgan fingerprint density at radius 2 is 1.82 bits per heavy atom. The van der Waals surface area contributed by atoms with E-state index >= 15 is 0 Å². The standard InChI is InChI=1S/C31H35BrN2O3S/c1-2-36-27-18-22(14-17-26(27)37-20-21-12-15-23(32)16-13-21)19-33-31-29(25-10-6-7-11-28(25)38-31)30(35)34-24-8-4-3-5-9-24/h12-19,24H,2-11,20H2,1H3,(H,34,35). The van der Waals surface area contributed by atoms with Crippen molar-refractivity contribution in [3.63, 3.8) is 0 Å². The van der Waals surface area contributed by atoms with Gasteiger partial charge in [-0.25, -0.2) is 4.99 Å². The van der Waals surface area contributed by atoms with Crippen LogP contribution < -0.4 is 14.8 Å². The summed E-state index contributed by atoms with van der Waals surface area (Å²) in [6.07, 6.45) is 12.0. The van der Waals surface area contributed by atoms with Crippen LogP contribution in [0.3, 0.4) is 0 Å². The molecular weight excluding hydrogens is 560 g/mol. The van der Waals surface area contributed by atoms with Crippen molar-refractivity contribution in [3.8, 4) is 11.5 Å². The molecule has 0 bridgehead atoms. The van der Waals surface area contributed by atoms with Gasteiger partial charge in [0.05, 0.1) is 12.2 Å². The van der Waals surface area contributed by atoms with Gasteiger partial charge in [-0.2, -0.15) is 0 Å². The van der Waals surface area contributed by atoms with Crippen LogP contribution in [0.5, 0.6) is 11.5 Å². The van der Waals surface area contributed by atoms with Gasteiger partial charge < -0.3 is 14.8 Å². The van der Waals surface area contributed by atoms with Gasteiger partial charge in [-0.1, -0.05) is 47.3 Å². The van der Waals surface area contributed by atoms with Gasteiger partial charge in [-0.05, 0) is 92.5 Å². The number of carbonyl (C=O) groups excluding carboxylic acids is 1. The molecule has 5 rings (SSSR count). The van der Waals surface area contributed by atoms with E-state index in [0.717, 1.165) is 58.3 Å². The molecule has 1 fully saturated rings. The summed E-state index contributed by atoms with van der Waals surface area (Å²) in [5, 5.41) is 4.15. The molecule has 3 aromatic rings. The van der Waals surface area contributed by atoms with Crippen LogP contribution in [0.4, 0.5) is 5.00 Å². The topological polar surface area (TPSA) is 59.9 Å². The normalized spacial score (nSPS) is 15.8. The van der Waals surface area contributed by atoms with Crippen LogP contribution in [0, 0.1) is 0 Å². The van der Waals surface area contributed by atoms with Crippen molar-refractivity contribution in [2.45, 2.75) is 77.4 Å². The number of benzene rings is 2. The largest absolute Gasteiger partial charge is 0.490 e. The van der Waals surface area contributed by atoms with Crippen LogP contribution >= 0.6 is 27.3 Å². The Hall–Kier alpha value is -2.64. The van der Waals surface area contributed by atoms with E-state index in [2.05, 4.69) is 21.2 Å². The van der Waals surface area contributed by atoms with Crippen LogP contribution in [0.15, 0.2) is 51.9 Å². The Bertz CT molecular complexity index is 1280. The molecule has 0 unspecified atom stereocenters. The lowest BCUT2D eigenvalue weighted by Crippen LogP contribution is -2.36. The van der Waals surface area contributed by atoms with E-state index in [1.807, 2.05) is 55.6 Å².